The number of aromatic amines is 1. The summed E-state index contributed by atoms with van der Waals surface area (Å²) in [5.74, 6) is -0.529. The normalized spacial score (nSPS) is 12.5. The van der Waals surface area contributed by atoms with Gasteiger partial charge >= 0.3 is 6.18 Å². The van der Waals surface area contributed by atoms with E-state index in [0.29, 0.717) is 16.6 Å². The highest BCUT2D eigenvalue weighted by atomic mass is 32.2. The number of fused-ring (bicyclic) bond motifs is 1. The fourth-order valence-corrected chi connectivity index (χ4v) is 3.89. The van der Waals surface area contributed by atoms with Crippen molar-refractivity contribution in [3.05, 3.63) is 47.3 Å². The van der Waals surface area contributed by atoms with Crippen molar-refractivity contribution >= 4 is 20.9 Å². The number of hydrogen-bond acceptors (Lipinski definition) is 5. The minimum atomic E-state index is -4.50. The van der Waals surface area contributed by atoms with Crippen molar-refractivity contribution in [3.63, 3.8) is 0 Å². The summed E-state index contributed by atoms with van der Waals surface area (Å²) in [4.78, 5) is 10.9. The number of aryl methyl sites for hydroxylation is 1. The number of rotatable bonds is 5. The van der Waals surface area contributed by atoms with E-state index >= 15 is 0 Å². The number of nitrogens with zero attached hydrogens (tertiary/aromatic N) is 2. The standard InChI is InChI=1S/C17H16F3N3O3S/c1-10-7-21-14(11(2)15(10)26-9-17(18,19)20)8-27(24,25)16-22-12-5-3-4-6-13(12)23-16/h3-7H,8-9H2,1-2H3,(H,22,23). The number of benzene rings is 1. The van der Waals surface area contributed by atoms with Crippen molar-refractivity contribution < 1.29 is 26.3 Å². The van der Waals surface area contributed by atoms with Crippen molar-refractivity contribution in [2.45, 2.75) is 30.9 Å². The number of hydrogen-bond donors (Lipinski definition) is 1. The number of H-pyrrole nitrogens is 1. The predicted octanol–water partition coefficient (Wildman–Crippen LogP) is 3.49. The van der Waals surface area contributed by atoms with Gasteiger partial charge in [0, 0.05) is 17.3 Å². The largest absolute Gasteiger partial charge is 0.483 e. The van der Waals surface area contributed by atoms with Crippen LogP contribution in [0.5, 0.6) is 5.75 Å². The van der Waals surface area contributed by atoms with Gasteiger partial charge in [-0.25, -0.2) is 13.4 Å². The lowest BCUT2D eigenvalue weighted by Crippen LogP contribution is -2.20. The molecule has 0 aliphatic carbocycles. The van der Waals surface area contributed by atoms with Gasteiger partial charge in [-0.15, -0.1) is 0 Å². The van der Waals surface area contributed by atoms with E-state index in [1.165, 1.54) is 13.1 Å². The van der Waals surface area contributed by atoms with E-state index in [0.717, 1.165) is 0 Å². The molecule has 0 saturated heterocycles. The van der Waals surface area contributed by atoms with E-state index in [1.807, 2.05) is 0 Å². The molecule has 0 unspecified atom stereocenters. The third-order valence-electron chi connectivity index (χ3n) is 3.91. The van der Waals surface area contributed by atoms with Crippen LogP contribution < -0.4 is 4.74 Å². The molecule has 27 heavy (non-hydrogen) atoms. The molecule has 0 radical (unpaired) electrons. The molecular formula is C17H16F3N3O3S. The fraction of sp³-hybridized carbons (Fsp3) is 0.294. The summed E-state index contributed by atoms with van der Waals surface area (Å²) in [5.41, 5.74) is 1.82. The predicted molar refractivity (Wildman–Crippen MR) is 92.2 cm³/mol. The molecule has 10 heteroatoms. The van der Waals surface area contributed by atoms with Crippen LogP contribution >= 0.6 is 0 Å². The number of pyridine rings is 1. The highest BCUT2D eigenvalue weighted by Gasteiger charge is 2.30. The average molecular weight is 399 g/mol. The van der Waals surface area contributed by atoms with Gasteiger partial charge in [0.25, 0.3) is 0 Å². The molecule has 0 aliphatic heterocycles. The first kappa shape index (κ1) is 19.2. The third-order valence-corrected chi connectivity index (χ3v) is 5.35. The van der Waals surface area contributed by atoms with E-state index in [9.17, 15) is 21.6 Å². The molecule has 0 aliphatic rings. The summed E-state index contributed by atoms with van der Waals surface area (Å²) in [6.45, 7) is 1.56. The zero-order valence-electron chi connectivity index (χ0n) is 14.5. The molecular weight excluding hydrogens is 383 g/mol. The van der Waals surface area contributed by atoms with Gasteiger partial charge in [0.2, 0.25) is 15.0 Å². The van der Waals surface area contributed by atoms with Crippen molar-refractivity contribution in [3.8, 4) is 5.75 Å². The molecule has 1 aromatic carbocycles. The van der Waals surface area contributed by atoms with Gasteiger partial charge in [-0.05, 0) is 26.0 Å². The number of nitrogens with one attached hydrogen (secondary N) is 1. The molecule has 1 N–H and O–H groups in total. The SMILES string of the molecule is Cc1cnc(CS(=O)(=O)c2nc3ccccc3[nH]2)c(C)c1OCC(F)(F)F. The zero-order valence-corrected chi connectivity index (χ0v) is 15.3. The average Bonchev–Trinajstić information content (AvgIpc) is 3.01. The number of aromatic nitrogens is 3. The van der Waals surface area contributed by atoms with Gasteiger partial charge < -0.3 is 9.72 Å². The smallest absolute Gasteiger partial charge is 0.422 e. The van der Waals surface area contributed by atoms with Crippen LogP contribution in [-0.4, -0.2) is 36.2 Å². The van der Waals surface area contributed by atoms with Crippen molar-refractivity contribution in [2.75, 3.05) is 6.61 Å². The number of sulfone groups is 1. The summed E-state index contributed by atoms with van der Waals surface area (Å²) in [7, 11) is -3.88. The first-order valence-corrected chi connectivity index (χ1v) is 9.54. The molecule has 3 aromatic rings. The second-order valence-corrected chi connectivity index (χ2v) is 7.97. The second-order valence-electron chi connectivity index (χ2n) is 6.06. The third kappa shape index (κ3) is 4.21. The summed E-state index contributed by atoms with van der Waals surface area (Å²) in [6.07, 6.45) is -3.20. The Morgan fingerprint density at radius 2 is 1.89 bits per heavy atom. The number of halogens is 3. The molecule has 144 valence electrons. The number of para-hydroxylation sites is 2. The Morgan fingerprint density at radius 1 is 1.19 bits per heavy atom. The van der Waals surface area contributed by atoms with Gasteiger partial charge in [0.1, 0.15) is 11.5 Å². The van der Waals surface area contributed by atoms with E-state index in [4.69, 9.17) is 4.74 Å². The Kier molecular flexibility index (Phi) is 4.85. The molecule has 0 spiro atoms. The maximum absolute atomic E-state index is 12.7. The van der Waals surface area contributed by atoms with Crippen LogP contribution in [-0.2, 0) is 15.6 Å². The van der Waals surface area contributed by atoms with E-state index in [2.05, 4.69) is 15.0 Å². The molecule has 0 bridgehead atoms. The summed E-state index contributed by atoms with van der Waals surface area (Å²) < 4.78 is 67.6. The Hall–Kier alpha value is -2.62. The lowest BCUT2D eigenvalue weighted by Gasteiger charge is -2.15. The van der Waals surface area contributed by atoms with Gasteiger partial charge in [-0.3, -0.25) is 4.98 Å². The van der Waals surface area contributed by atoms with Crippen LogP contribution in [0, 0.1) is 13.8 Å². The van der Waals surface area contributed by atoms with Gasteiger partial charge in [-0.1, -0.05) is 12.1 Å². The molecule has 0 amide bonds. The number of imidazole rings is 1. The van der Waals surface area contributed by atoms with Gasteiger partial charge in [-0.2, -0.15) is 13.2 Å². The number of ether oxygens (including phenoxy) is 1. The molecule has 0 atom stereocenters. The Balaban J connectivity index is 1.92. The highest BCUT2D eigenvalue weighted by molar-refractivity contribution is 7.90. The summed E-state index contributed by atoms with van der Waals surface area (Å²) in [6, 6.07) is 6.84. The fourth-order valence-electron chi connectivity index (χ4n) is 2.60. The van der Waals surface area contributed by atoms with Gasteiger partial charge in [0.05, 0.1) is 16.7 Å². The first-order chi connectivity index (χ1) is 12.6. The molecule has 0 fully saturated rings. The minimum Gasteiger partial charge on any atom is -0.483 e. The topological polar surface area (TPSA) is 84.9 Å². The van der Waals surface area contributed by atoms with E-state index in [1.54, 1.807) is 31.2 Å². The molecule has 0 saturated carbocycles. The van der Waals surface area contributed by atoms with E-state index in [-0.39, 0.29) is 22.2 Å². The van der Waals surface area contributed by atoms with Crippen LogP contribution in [0.3, 0.4) is 0 Å². The lowest BCUT2D eigenvalue weighted by atomic mass is 10.1. The first-order valence-electron chi connectivity index (χ1n) is 7.89. The van der Waals surface area contributed by atoms with Crippen molar-refractivity contribution in [1.82, 2.24) is 15.0 Å². The van der Waals surface area contributed by atoms with Crippen LogP contribution in [0.25, 0.3) is 11.0 Å². The monoisotopic (exact) mass is 399 g/mol. The Morgan fingerprint density at radius 3 is 2.56 bits per heavy atom. The molecule has 6 nitrogen and oxygen atoms in total. The lowest BCUT2D eigenvalue weighted by molar-refractivity contribution is -0.153. The number of alkyl halides is 3. The van der Waals surface area contributed by atoms with Crippen LogP contribution in [0.4, 0.5) is 13.2 Å². The quantitative estimate of drug-likeness (QED) is 0.710. The molecule has 2 heterocycles. The van der Waals surface area contributed by atoms with Crippen LogP contribution in [0.15, 0.2) is 35.6 Å². The van der Waals surface area contributed by atoms with E-state index < -0.39 is 28.4 Å². The van der Waals surface area contributed by atoms with Crippen molar-refractivity contribution in [2.24, 2.45) is 0 Å². The maximum Gasteiger partial charge on any atom is 0.422 e. The summed E-state index contributed by atoms with van der Waals surface area (Å²) >= 11 is 0. The van der Waals surface area contributed by atoms with Crippen molar-refractivity contribution in [1.29, 1.82) is 0 Å². The highest BCUT2D eigenvalue weighted by Crippen LogP contribution is 2.28. The minimum absolute atomic E-state index is 0.0165. The molecule has 3 rings (SSSR count). The Bertz CT molecular complexity index is 1060. The Labute approximate surface area is 153 Å². The summed E-state index contributed by atoms with van der Waals surface area (Å²) in [5, 5.41) is -0.219. The zero-order chi connectivity index (χ0) is 19.8. The van der Waals surface area contributed by atoms with Crippen LogP contribution in [0.1, 0.15) is 16.8 Å². The van der Waals surface area contributed by atoms with Crippen LogP contribution in [0.2, 0.25) is 0 Å². The van der Waals surface area contributed by atoms with Gasteiger partial charge in [0.15, 0.2) is 6.61 Å². The molecule has 2 aromatic heterocycles. The second kappa shape index (κ2) is 6.84. The maximum atomic E-state index is 12.7.